The van der Waals surface area contributed by atoms with E-state index in [-0.39, 0.29) is 16.5 Å². The highest BCUT2D eigenvalue weighted by Crippen LogP contribution is 2.26. The fourth-order valence-electron chi connectivity index (χ4n) is 1.76. The highest BCUT2D eigenvalue weighted by Gasteiger charge is 2.24. The first-order valence-electron chi connectivity index (χ1n) is 5.94. The Hall–Kier alpha value is -0.950. The molecule has 0 saturated carbocycles. The van der Waals surface area contributed by atoms with Crippen molar-refractivity contribution in [2.45, 2.75) is 25.3 Å². The molecule has 0 aliphatic rings. The number of hydrogen-bond donors (Lipinski definition) is 0. The van der Waals surface area contributed by atoms with Crippen LogP contribution in [0.5, 0.6) is 0 Å². The molecule has 1 aromatic heterocycles. The van der Waals surface area contributed by atoms with Crippen LogP contribution < -0.4 is 0 Å². The van der Waals surface area contributed by atoms with Crippen molar-refractivity contribution in [1.29, 1.82) is 0 Å². The molecule has 20 heavy (non-hydrogen) atoms. The Morgan fingerprint density at radius 3 is 2.65 bits per heavy atom. The van der Waals surface area contributed by atoms with Crippen LogP contribution in [-0.4, -0.2) is 24.8 Å². The van der Waals surface area contributed by atoms with Gasteiger partial charge in [0.2, 0.25) is 10.0 Å². The molecule has 108 valence electrons. The van der Waals surface area contributed by atoms with Gasteiger partial charge in [-0.2, -0.15) is 4.31 Å². The second-order valence-corrected chi connectivity index (χ2v) is 8.28. The molecule has 0 aliphatic heterocycles. The maximum absolute atomic E-state index is 12.5. The Kier molecular flexibility index (Phi) is 4.49. The van der Waals surface area contributed by atoms with Crippen molar-refractivity contribution in [1.82, 2.24) is 9.29 Å². The smallest absolute Gasteiger partial charge is 0.244 e. The Bertz CT molecular complexity index is 726. The van der Waals surface area contributed by atoms with Gasteiger partial charge in [-0.25, -0.2) is 13.4 Å². The molecule has 4 nitrogen and oxygen atoms in total. The van der Waals surface area contributed by atoms with Gasteiger partial charge in [0.05, 0.1) is 10.0 Å². The number of aryl methyl sites for hydroxylation is 2. The second-order valence-electron chi connectivity index (χ2n) is 4.54. The molecule has 2 aromatic rings. The summed E-state index contributed by atoms with van der Waals surface area (Å²) >= 11 is 7.50. The molecule has 2 rings (SSSR count). The molecule has 0 saturated heterocycles. The van der Waals surface area contributed by atoms with Gasteiger partial charge in [-0.1, -0.05) is 17.7 Å². The predicted molar refractivity (Wildman–Crippen MR) is 81.7 cm³/mol. The lowest BCUT2D eigenvalue weighted by Crippen LogP contribution is -2.26. The van der Waals surface area contributed by atoms with Gasteiger partial charge >= 0.3 is 0 Å². The van der Waals surface area contributed by atoms with Crippen molar-refractivity contribution < 1.29 is 8.42 Å². The lowest BCUT2D eigenvalue weighted by atomic mass is 10.2. The normalized spacial score (nSPS) is 12.1. The molecule has 0 bridgehead atoms. The third kappa shape index (κ3) is 3.20. The zero-order chi connectivity index (χ0) is 14.9. The molecule has 0 amide bonds. The Balaban J connectivity index is 2.32. The van der Waals surface area contributed by atoms with Crippen LogP contribution in [0.15, 0.2) is 29.3 Å². The lowest BCUT2D eigenvalue weighted by Gasteiger charge is -2.17. The summed E-state index contributed by atoms with van der Waals surface area (Å²) in [5.74, 6) is 0. The van der Waals surface area contributed by atoms with Gasteiger partial charge in [-0.3, -0.25) is 0 Å². The number of hydrogen-bond acceptors (Lipinski definition) is 4. The van der Waals surface area contributed by atoms with Crippen LogP contribution in [0.25, 0.3) is 0 Å². The van der Waals surface area contributed by atoms with Crippen molar-refractivity contribution in [3.63, 3.8) is 0 Å². The van der Waals surface area contributed by atoms with Crippen molar-refractivity contribution in [3.05, 3.63) is 44.9 Å². The van der Waals surface area contributed by atoms with E-state index in [4.69, 9.17) is 11.6 Å². The first-order valence-corrected chi connectivity index (χ1v) is 8.58. The maximum Gasteiger partial charge on any atom is 0.244 e. The molecule has 0 fully saturated rings. The molecule has 0 aliphatic carbocycles. The minimum absolute atomic E-state index is 0.142. The van der Waals surface area contributed by atoms with E-state index >= 15 is 0 Å². The first kappa shape index (κ1) is 15.4. The maximum atomic E-state index is 12.5. The minimum Gasteiger partial charge on any atom is -0.250 e. The summed E-state index contributed by atoms with van der Waals surface area (Å²) in [4.78, 5) is 5.17. The summed E-state index contributed by atoms with van der Waals surface area (Å²) in [5, 5.41) is 1.15. The summed E-state index contributed by atoms with van der Waals surface area (Å²) in [5.41, 5.74) is 0.856. The summed E-state index contributed by atoms with van der Waals surface area (Å²) < 4.78 is 26.4. The van der Waals surface area contributed by atoms with Gasteiger partial charge in [0.25, 0.3) is 0 Å². The number of thiazole rings is 1. The quantitative estimate of drug-likeness (QED) is 0.864. The monoisotopic (exact) mass is 330 g/mol. The molecule has 1 heterocycles. The molecule has 0 spiro atoms. The average Bonchev–Trinajstić information content (AvgIpc) is 2.77. The minimum atomic E-state index is -3.60. The summed E-state index contributed by atoms with van der Waals surface area (Å²) in [7, 11) is -2.06. The number of benzene rings is 1. The van der Waals surface area contributed by atoms with E-state index < -0.39 is 10.0 Å². The standard InChI is InChI=1S/C13H15ClN2O2S2/c1-9-4-5-12(14)13(6-9)20(17,18)16(3)8-11-7-15-10(2)19-11/h4-7H,8H2,1-3H3. The summed E-state index contributed by atoms with van der Waals surface area (Å²) in [6.45, 7) is 4.01. The van der Waals surface area contributed by atoms with Crippen molar-refractivity contribution >= 4 is 33.0 Å². The largest absolute Gasteiger partial charge is 0.250 e. The SMILES string of the molecule is Cc1ccc(Cl)c(S(=O)(=O)N(C)Cc2cnc(C)s2)c1. The number of sulfonamides is 1. The Morgan fingerprint density at radius 1 is 1.35 bits per heavy atom. The molecule has 1 aromatic carbocycles. The van der Waals surface area contributed by atoms with Crippen LogP contribution in [0.4, 0.5) is 0 Å². The number of rotatable bonds is 4. The number of halogens is 1. The van der Waals surface area contributed by atoms with E-state index in [9.17, 15) is 8.42 Å². The second kappa shape index (κ2) is 5.81. The van der Waals surface area contributed by atoms with Gasteiger partial charge in [0.1, 0.15) is 4.90 Å². The first-order chi connectivity index (χ1) is 9.30. The summed E-state index contributed by atoms with van der Waals surface area (Å²) in [6.07, 6.45) is 1.70. The van der Waals surface area contributed by atoms with Crippen molar-refractivity contribution in [2.75, 3.05) is 7.05 Å². The molecule has 0 N–H and O–H groups in total. The average molecular weight is 331 g/mol. The molecule has 7 heteroatoms. The molecule has 0 radical (unpaired) electrons. The fourth-order valence-corrected chi connectivity index (χ4v) is 4.39. The van der Waals surface area contributed by atoms with Crippen LogP contribution in [0.1, 0.15) is 15.4 Å². The predicted octanol–water partition coefficient (Wildman–Crippen LogP) is 3.23. The van der Waals surface area contributed by atoms with Crippen LogP contribution >= 0.6 is 22.9 Å². The zero-order valence-electron chi connectivity index (χ0n) is 11.4. The van der Waals surface area contributed by atoms with Crippen LogP contribution in [0.2, 0.25) is 5.02 Å². The van der Waals surface area contributed by atoms with Crippen LogP contribution in [0.3, 0.4) is 0 Å². The van der Waals surface area contributed by atoms with Crippen LogP contribution in [-0.2, 0) is 16.6 Å². The summed E-state index contributed by atoms with van der Waals surface area (Å²) in [6, 6.07) is 4.98. The number of nitrogens with zero attached hydrogens (tertiary/aromatic N) is 2. The van der Waals surface area contributed by atoms with Gasteiger partial charge in [0.15, 0.2) is 0 Å². The Labute approximate surface area is 128 Å². The third-order valence-corrected chi connectivity index (χ3v) is 6.01. The number of aromatic nitrogens is 1. The van der Waals surface area contributed by atoms with Gasteiger partial charge < -0.3 is 0 Å². The molecule has 0 unspecified atom stereocenters. The van der Waals surface area contributed by atoms with E-state index in [1.54, 1.807) is 31.4 Å². The van der Waals surface area contributed by atoms with E-state index in [1.165, 1.54) is 15.6 Å². The molecular formula is C13H15ClN2O2S2. The van der Waals surface area contributed by atoms with Crippen molar-refractivity contribution in [2.24, 2.45) is 0 Å². The fraction of sp³-hybridized carbons (Fsp3) is 0.308. The van der Waals surface area contributed by atoms with Gasteiger partial charge in [-0.05, 0) is 31.5 Å². The van der Waals surface area contributed by atoms with E-state index in [0.717, 1.165) is 15.4 Å². The highest BCUT2D eigenvalue weighted by molar-refractivity contribution is 7.89. The zero-order valence-corrected chi connectivity index (χ0v) is 13.8. The van der Waals surface area contributed by atoms with Gasteiger partial charge in [-0.15, -0.1) is 11.3 Å². The van der Waals surface area contributed by atoms with E-state index in [2.05, 4.69) is 4.98 Å². The van der Waals surface area contributed by atoms with E-state index in [0.29, 0.717) is 0 Å². The van der Waals surface area contributed by atoms with Gasteiger partial charge in [0, 0.05) is 24.7 Å². The van der Waals surface area contributed by atoms with E-state index in [1.807, 2.05) is 13.8 Å². The third-order valence-electron chi connectivity index (χ3n) is 2.82. The Morgan fingerprint density at radius 2 is 2.05 bits per heavy atom. The van der Waals surface area contributed by atoms with Crippen LogP contribution in [0, 0.1) is 13.8 Å². The molecule has 0 atom stereocenters. The highest BCUT2D eigenvalue weighted by atomic mass is 35.5. The topological polar surface area (TPSA) is 50.3 Å². The molecular weight excluding hydrogens is 316 g/mol. The van der Waals surface area contributed by atoms with Crippen molar-refractivity contribution in [3.8, 4) is 0 Å². The lowest BCUT2D eigenvalue weighted by molar-refractivity contribution is 0.469.